The summed E-state index contributed by atoms with van der Waals surface area (Å²) in [6.45, 7) is 3.31. The number of carbonyl (C=O) groups excluding carboxylic acids is 1. The zero-order valence-electron chi connectivity index (χ0n) is 8.50. The molecule has 0 atom stereocenters. The van der Waals surface area contributed by atoms with Crippen LogP contribution in [0.3, 0.4) is 0 Å². The highest BCUT2D eigenvalue weighted by molar-refractivity contribution is 5.81. The Morgan fingerprint density at radius 1 is 1.21 bits per heavy atom. The zero-order chi connectivity index (χ0) is 10.4. The highest BCUT2D eigenvalue weighted by Crippen LogP contribution is 2.27. The maximum atomic E-state index is 11.0. The third-order valence-corrected chi connectivity index (χ3v) is 2.59. The molecule has 1 fully saturated rings. The predicted molar refractivity (Wildman–Crippen MR) is 53.6 cm³/mol. The highest BCUT2D eigenvalue weighted by Gasteiger charge is 2.30. The topological polar surface area (TPSA) is 46.5 Å². The number of esters is 1. The quantitative estimate of drug-likeness (QED) is 0.420. The third-order valence-electron chi connectivity index (χ3n) is 2.59. The normalized spacial score (nSPS) is 21.8. The van der Waals surface area contributed by atoms with Crippen LogP contribution in [-0.4, -0.2) is 16.9 Å². The standard InChI is InChI=1S/C11H18O3/c1-2-10(12)14-11(13)8-6-4-3-5-7-9-11/h2,13H,1,3-9H2. The number of ether oxygens (including phenoxy) is 1. The van der Waals surface area contributed by atoms with Gasteiger partial charge in [0, 0.05) is 18.9 Å². The first-order valence-corrected chi connectivity index (χ1v) is 5.24. The van der Waals surface area contributed by atoms with E-state index in [0.29, 0.717) is 12.8 Å². The maximum absolute atomic E-state index is 11.0. The number of hydrogen-bond acceptors (Lipinski definition) is 3. The molecule has 1 aliphatic rings. The van der Waals surface area contributed by atoms with Gasteiger partial charge in [0.15, 0.2) is 0 Å². The summed E-state index contributed by atoms with van der Waals surface area (Å²) in [4.78, 5) is 11.0. The molecule has 0 bridgehead atoms. The van der Waals surface area contributed by atoms with Gasteiger partial charge in [-0.2, -0.15) is 0 Å². The Bertz CT molecular complexity index is 203. The van der Waals surface area contributed by atoms with Gasteiger partial charge < -0.3 is 9.84 Å². The van der Waals surface area contributed by atoms with Gasteiger partial charge in [0.25, 0.3) is 0 Å². The molecule has 0 aliphatic heterocycles. The molecule has 0 aromatic heterocycles. The minimum Gasteiger partial charge on any atom is -0.430 e. The fourth-order valence-electron chi connectivity index (χ4n) is 1.79. The largest absolute Gasteiger partial charge is 0.430 e. The molecule has 1 N–H and O–H groups in total. The first kappa shape index (κ1) is 11.2. The zero-order valence-corrected chi connectivity index (χ0v) is 8.50. The lowest BCUT2D eigenvalue weighted by molar-refractivity contribution is -0.211. The third kappa shape index (κ3) is 3.50. The average molecular weight is 198 g/mol. The molecule has 0 aromatic carbocycles. The Balaban J connectivity index is 2.49. The van der Waals surface area contributed by atoms with Crippen LogP contribution in [-0.2, 0) is 9.53 Å². The van der Waals surface area contributed by atoms with Crippen LogP contribution < -0.4 is 0 Å². The minimum absolute atomic E-state index is 0.534. The first-order chi connectivity index (χ1) is 6.66. The molecule has 1 aliphatic carbocycles. The second-order valence-corrected chi connectivity index (χ2v) is 3.84. The van der Waals surface area contributed by atoms with E-state index < -0.39 is 11.8 Å². The molecular formula is C11H18O3. The summed E-state index contributed by atoms with van der Waals surface area (Å²) < 4.78 is 4.96. The van der Waals surface area contributed by atoms with Crippen molar-refractivity contribution in [2.24, 2.45) is 0 Å². The van der Waals surface area contributed by atoms with Crippen molar-refractivity contribution in [1.82, 2.24) is 0 Å². The molecule has 14 heavy (non-hydrogen) atoms. The van der Waals surface area contributed by atoms with Gasteiger partial charge in [-0.25, -0.2) is 4.79 Å². The van der Waals surface area contributed by atoms with Crippen molar-refractivity contribution in [3.05, 3.63) is 12.7 Å². The fourth-order valence-corrected chi connectivity index (χ4v) is 1.79. The molecule has 0 heterocycles. The Hall–Kier alpha value is -0.830. The van der Waals surface area contributed by atoms with Crippen LogP contribution in [0, 0.1) is 0 Å². The van der Waals surface area contributed by atoms with Crippen LogP contribution in [0.5, 0.6) is 0 Å². The molecule has 0 radical (unpaired) electrons. The van der Waals surface area contributed by atoms with E-state index in [1.807, 2.05) is 0 Å². The van der Waals surface area contributed by atoms with Crippen LogP contribution in [0.2, 0.25) is 0 Å². The van der Waals surface area contributed by atoms with E-state index in [-0.39, 0.29) is 0 Å². The summed E-state index contributed by atoms with van der Waals surface area (Å²) in [5.74, 6) is -1.78. The number of hydrogen-bond donors (Lipinski definition) is 1. The lowest BCUT2D eigenvalue weighted by atomic mass is 9.96. The van der Waals surface area contributed by atoms with E-state index in [0.717, 1.165) is 31.8 Å². The van der Waals surface area contributed by atoms with Gasteiger partial charge in [0.2, 0.25) is 5.79 Å². The van der Waals surface area contributed by atoms with Crippen LogP contribution in [0.25, 0.3) is 0 Å². The summed E-state index contributed by atoms with van der Waals surface area (Å²) in [7, 11) is 0. The van der Waals surface area contributed by atoms with E-state index >= 15 is 0 Å². The van der Waals surface area contributed by atoms with Crippen molar-refractivity contribution in [2.75, 3.05) is 0 Å². The molecule has 80 valence electrons. The van der Waals surface area contributed by atoms with Crippen LogP contribution >= 0.6 is 0 Å². The SMILES string of the molecule is C=CC(=O)OC1(O)CCCCCCC1. The Morgan fingerprint density at radius 3 is 2.21 bits per heavy atom. The molecule has 0 saturated heterocycles. The lowest BCUT2D eigenvalue weighted by Crippen LogP contribution is -2.35. The molecule has 3 nitrogen and oxygen atoms in total. The smallest absolute Gasteiger partial charge is 0.332 e. The fraction of sp³-hybridized carbons (Fsp3) is 0.727. The highest BCUT2D eigenvalue weighted by atomic mass is 16.7. The molecule has 3 heteroatoms. The summed E-state index contributed by atoms with van der Waals surface area (Å²) in [6, 6.07) is 0. The minimum atomic E-state index is -1.24. The van der Waals surface area contributed by atoms with Gasteiger partial charge >= 0.3 is 5.97 Å². The second-order valence-electron chi connectivity index (χ2n) is 3.84. The Kier molecular flexibility index (Phi) is 4.14. The van der Waals surface area contributed by atoms with Crippen molar-refractivity contribution in [2.45, 2.75) is 50.7 Å². The van der Waals surface area contributed by atoms with Gasteiger partial charge in [0.05, 0.1) is 0 Å². The molecular weight excluding hydrogens is 180 g/mol. The predicted octanol–water partition coefficient (Wildman–Crippen LogP) is 2.15. The monoisotopic (exact) mass is 198 g/mol. The van der Waals surface area contributed by atoms with Gasteiger partial charge in [-0.1, -0.05) is 25.8 Å². The van der Waals surface area contributed by atoms with Gasteiger partial charge in [-0.15, -0.1) is 0 Å². The van der Waals surface area contributed by atoms with E-state index in [9.17, 15) is 9.90 Å². The molecule has 0 unspecified atom stereocenters. The van der Waals surface area contributed by atoms with E-state index in [1.54, 1.807) is 0 Å². The van der Waals surface area contributed by atoms with E-state index in [1.165, 1.54) is 6.42 Å². The summed E-state index contributed by atoms with van der Waals surface area (Å²) in [5.41, 5.74) is 0. The average Bonchev–Trinajstić information content (AvgIpc) is 2.12. The van der Waals surface area contributed by atoms with Gasteiger partial charge in [-0.05, 0) is 12.8 Å². The van der Waals surface area contributed by atoms with Crippen LogP contribution in [0.4, 0.5) is 0 Å². The number of rotatable bonds is 2. The molecule has 0 amide bonds. The van der Waals surface area contributed by atoms with Crippen molar-refractivity contribution in [1.29, 1.82) is 0 Å². The van der Waals surface area contributed by atoms with Crippen molar-refractivity contribution in [3.8, 4) is 0 Å². The summed E-state index contributed by atoms with van der Waals surface area (Å²) >= 11 is 0. The van der Waals surface area contributed by atoms with Crippen LogP contribution in [0.15, 0.2) is 12.7 Å². The van der Waals surface area contributed by atoms with E-state index in [4.69, 9.17) is 4.74 Å². The molecule has 1 rings (SSSR count). The lowest BCUT2D eigenvalue weighted by Gasteiger charge is -2.29. The summed E-state index contributed by atoms with van der Waals surface area (Å²) in [5, 5.41) is 9.99. The van der Waals surface area contributed by atoms with Crippen LogP contribution in [0.1, 0.15) is 44.9 Å². The number of carbonyl (C=O) groups is 1. The van der Waals surface area contributed by atoms with Crippen molar-refractivity contribution in [3.63, 3.8) is 0 Å². The number of aliphatic hydroxyl groups is 1. The summed E-state index contributed by atoms with van der Waals surface area (Å²) in [6.07, 6.45) is 7.45. The van der Waals surface area contributed by atoms with E-state index in [2.05, 4.69) is 6.58 Å². The van der Waals surface area contributed by atoms with Gasteiger partial charge in [0.1, 0.15) is 0 Å². The van der Waals surface area contributed by atoms with Crippen molar-refractivity contribution >= 4 is 5.97 Å². The Morgan fingerprint density at radius 2 is 1.71 bits per heavy atom. The first-order valence-electron chi connectivity index (χ1n) is 5.24. The second kappa shape index (κ2) is 5.15. The Labute approximate surface area is 84.8 Å². The molecule has 1 saturated carbocycles. The maximum Gasteiger partial charge on any atom is 0.332 e. The molecule has 0 spiro atoms. The molecule has 0 aromatic rings. The van der Waals surface area contributed by atoms with Crippen molar-refractivity contribution < 1.29 is 14.6 Å². The van der Waals surface area contributed by atoms with Gasteiger partial charge in [-0.3, -0.25) is 0 Å².